The number of thiocarbonyl (C=S) groups is 1. The molecule has 136 valence electrons. The van der Waals surface area contributed by atoms with Gasteiger partial charge in [-0.05, 0) is 43.1 Å². The summed E-state index contributed by atoms with van der Waals surface area (Å²) >= 11 is 5.17. The topological polar surface area (TPSA) is 79.5 Å². The maximum Gasteiger partial charge on any atom is 0.253 e. The molecule has 1 aromatic carbocycles. The summed E-state index contributed by atoms with van der Waals surface area (Å²) in [6.45, 7) is 5.17. The van der Waals surface area contributed by atoms with Crippen molar-refractivity contribution in [3.63, 3.8) is 0 Å². The van der Waals surface area contributed by atoms with Crippen molar-refractivity contribution < 1.29 is 14.3 Å². The summed E-state index contributed by atoms with van der Waals surface area (Å²) in [6.07, 6.45) is 2.47. The first-order chi connectivity index (χ1) is 12.0. The lowest BCUT2D eigenvalue weighted by Crippen LogP contribution is -2.36. The van der Waals surface area contributed by atoms with E-state index < -0.39 is 0 Å². The van der Waals surface area contributed by atoms with Crippen LogP contribution in [0.3, 0.4) is 0 Å². The van der Waals surface area contributed by atoms with Gasteiger partial charge in [0.2, 0.25) is 5.91 Å². The van der Waals surface area contributed by atoms with E-state index in [2.05, 4.69) is 16.0 Å². The Morgan fingerprint density at radius 3 is 2.76 bits per heavy atom. The Morgan fingerprint density at radius 2 is 2.08 bits per heavy atom. The number of nitrogens with one attached hydrogen (secondary N) is 3. The van der Waals surface area contributed by atoms with E-state index in [0.29, 0.717) is 24.2 Å². The second-order valence-corrected chi connectivity index (χ2v) is 6.90. The number of carbonyl (C=O) groups is 2. The SMILES string of the molecule is CC(C)CC(=O)NC(=S)Nc1ccccc1C(=O)NCC1CCCO1. The molecule has 0 radical (unpaired) electrons. The number of hydrogen-bond acceptors (Lipinski definition) is 4. The standard InChI is InChI=1S/C18H25N3O3S/c1-12(2)10-16(22)21-18(25)20-15-8-4-3-7-14(15)17(23)19-11-13-6-5-9-24-13/h3-4,7-8,12-13H,5-6,9-11H2,1-2H3,(H,19,23)(H2,20,21,22,25). The number of para-hydroxylation sites is 1. The summed E-state index contributed by atoms with van der Waals surface area (Å²) in [5, 5.41) is 8.64. The van der Waals surface area contributed by atoms with Crippen molar-refractivity contribution in [1.29, 1.82) is 0 Å². The minimum atomic E-state index is -0.199. The van der Waals surface area contributed by atoms with E-state index in [9.17, 15) is 9.59 Å². The Balaban J connectivity index is 1.93. The van der Waals surface area contributed by atoms with Crippen LogP contribution < -0.4 is 16.0 Å². The molecule has 1 saturated heterocycles. The average molecular weight is 363 g/mol. The third kappa shape index (κ3) is 6.43. The highest BCUT2D eigenvalue weighted by Gasteiger charge is 2.18. The number of hydrogen-bond donors (Lipinski definition) is 3. The van der Waals surface area contributed by atoms with E-state index in [4.69, 9.17) is 17.0 Å². The lowest BCUT2D eigenvalue weighted by molar-refractivity contribution is -0.120. The molecule has 1 aromatic rings. The van der Waals surface area contributed by atoms with Gasteiger partial charge in [-0.15, -0.1) is 0 Å². The third-order valence-electron chi connectivity index (χ3n) is 3.78. The van der Waals surface area contributed by atoms with E-state index in [1.54, 1.807) is 24.3 Å². The first-order valence-electron chi connectivity index (χ1n) is 8.55. The number of rotatable bonds is 6. The molecule has 25 heavy (non-hydrogen) atoms. The molecule has 1 heterocycles. The molecule has 0 spiro atoms. The van der Waals surface area contributed by atoms with Gasteiger partial charge in [0.1, 0.15) is 0 Å². The average Bonchev–Trinajstić information content (AvgIpc) is 3.05. The van der Waals surface area contributed by atoms with Crippen LogP contribution in [0.2, 0.25) is 0 Å². The van der Waals surface area contributed by atoms with Crippen molar-refractivity contribution in [2.75, 3.05) is 18.5 Å². The Bertz CT molecular complexity index is 628. The van der Waals surface area contributed by atoms with Crippen LogP contribution in [0.1, 0.15) is 43.5 Å². The summed E-state index contributed by atoms with van der Waals surface area (Å²) in [5.74, 6) is -0.0959. The molecule has 1 aliphatic heterocycles. The zero-order valence-electron chi connectivity index (χ0n) is 14.6. The molecular formula is C18H25N3O3S. The highest BCUT2D eigenvalue weighted by molar-refractivity contribution is 7.80. The second kappa shape index (κ2) is 9.48. The molecule has 1 aliphatic rings. The molecular weight excluding hydrogens is 338 g/mol. The Labute approximate surface area is 153 Å². The van der Waals surface area contributed by atoms with Gasteiger partial charge in [-0.2, -0.15) is 0 Å². The lowest BCUT2D eigenvalue weighted by atomic mass is 10.1. The van der Waals surface area contributed by atoms with Crippen LogP contribution in [0.5, 0.6) is 0 Å². The van der Waals surface area contributed by atoms with Gasteiger partial charge in [-0.1, -0.05) is 26.0 Å². The minimum absolute atomic E-state index is 0.0838. The van der Waals surface area contributed by atoms with Crippen molar-refractivity contribution in [3.8, 4) is 0 Å². The monoisotopic (exact) mass is 363 g/mol. The fourth-order valence-electron chi connectivity index (χ4n) is 2.60. The quantitative estimate of drug-likeness (QED) is 0.677. The Morgan fingerprint density at radius 1 is 1.32 bits per heavy atom. The van der Waals surface area contributed by atoms with E-state index in [0.717, 1.165) is 19.4 Å². The zero-order valence-corrected chi connectivity index (χ0v) is 15.4. The number of ether oxygens (including phenoxy) is 1. The van der Waals surface area contributed by atoms with Crippen molar-refractivity contribution in [2.45, 2.75) is 39.2 Å². The highest BCUT2D eigenvalue weighted by Crippen LogP contribution is 2.16. The molecule has 0 bridgehead atoms. The summed E-state index contributed by atoms with van der Waals surface area (Å²) in [7, 11) is 0. The molecule has 6 nitrogen and oxygen atoms in total. The predicted molar refractivity (Wildman–Crippen MR) is 102 cm³/mol. The number of anilines is 1. The lowest BCUT2D eigenvalue weighted by Gasteiger charge is -2.15. The van der Waals surface area contributed by atoms with Gasteiger partial charge in [0.25, 0.3) is 5.91 Å². The van der Waals surface area contributed by atoms with E-state index in [1.807, 2.05) is 13.8 Å². The molecule has 0 saturated carbocycles. The van der Waals surface area contributed by atoms with Crippen molar-refractivity contribution in [3.05, 3.63) is 29.8 Å². The van der Waals surface area contributed by atoms with Crippen LogP contribution in [-0.2, 0) is 9.53 Å². The van der Waals surface area contributed by atoms with Crippen molar-refractivity contribution in [2.24, 2.45) is 5.92 Å². The van der Waals surface area contributed by atoms with Crippen LogP contribution in [0.15, 0.2) is 24.3 Å². The van der Waals surface area contributed by atoms with Crippen LogP contribution in [0, 0.1) is 5.92 Å². The summed E-state index contributed by atoms with van der Waals surface area (Å²) in [6, 6.07) is 7.05. The highest BCUT2D eigenvalue weighted by atomic mass is 32.1. The number of carbonyl (C=O) groups excluding carboxylic acids is 2. The van der Waals surface area contributed by atoms with Gasteiger partial charge < -0.3 is 20.7 Å². The fraction of sp³-hybridized carbons (Fsp3) is 0.500. The van der Waals surface area contributed by atoms with Gasteiger partial charge >= 0.3 is 0 Å². The van der Waals surface area contributed by atoms with Crippen LogP contribution >= 0.6 is 12.2 Å². The van der Waals surface area contributed by atoms with E-state index >= 15 is 0 Å². The van der Waals surface area contributed by atoms with Crippen LogP contribution in [-0.4, -0.2) is 36.2 Å². The molecule has 1 unspecified atom stereocenters. The zero-order chi connectivity index (χ0) is 18.2. The van der Waals surface area contributed by atoms with Crippen molar-refractivity contribution in [1.82, 2.24) is 10.6 Å². The first-order valence-corrected chi connectivity index (χ1v) is 8.96. The van der Waals surface area contributed by atoms with E-state index in [-0.39, 0.29) is 28.9 Å². The molecule has 3 N–H and O–H groups in total. The predicted octanol–water partition coefficient (Wildman–Crippen LogP) is 2.45. The minimum Gasteiger partial charge on any atom is -0.376 e. The number of amides is 2. The number of benzene rings is 1. The molecule has 7 heteroatoms. The maximum atomic E-state index is 12.4. The summed E-state index contributed by atoms with van der Waals surface area (Å²) in [5.41, 5.74) is 1.03. The molecule has 0 aliphatic carbocycles. The maximum absolute atomic E-state index is 12.4. The van der Waals surface area contributed by atoms with Gasteiger partial charge in [-0.25, -0.2) is 0 Å². The smallest absolute Gasteiger partial charge is 0.253 e. The molecule has 2 rings (SSSR count). The van der Waals surface area contributed by atoms with E-state index in [1.165, 1.54) is 0 Å². The van der Waals surface area contributed by atoms with Crippen LogP contribution in [0.4, 0.5) is 5.69 Å². The second-order valence-electron chi connectivity index (χ2n) is 6.49. The molecule has 1 atom stereocenters. The van der Waals surface area contributed by atoms with Crippen LogP contribution in [0.25, 0.3) is 0 Å². The Hall–Kier alpha value is -1.99. The third-order valence-corrected chi connectivity index (χ3v) is 3.98. The van der Waals surface area contributed by atoms with Gasteiger partial charge in [0, 0.05) is 19.6 Å². The summed E-state index contributed by atoms with van der Waals surface area (Å²) in [4.78, 5) is 24.2. The van der Waals surface area contributed by atoms with Gasteiger partial charge in [0.15, 0.2) is 5.11 Å². The first kappa shape index (κ1) is 19.3. The largest absolute Gasteiger partial charge is 0.376 e. The summed E-state index contributed by atoms with van der Waals surface area (Å²) < 4.78 is 5.51. The fourth-order valence-corrected chi connectivity index (χ4v) is 2.82. The van der Waals surface area contributed by atoms with Crippen molar-refractivity contribution >= 4 is 34.8 Å². The molecule has 0 aromatic heterocycles. The normalized spacial score (nSPS) is 16.5. The molecule has 1 fully saturated rings. The molecule has 2 amide bonds. The Kier molecular flexibility index (Phi) is 7.33. The van der Waals surface area contributed by atoms with Gasteiger partial charge in [0.05, 0.1) is 17.4 Å². The van der Waals surface area contributed by atoms with Gasteiger partial charge in [-0.3, -0.25) is 9.59 Å².